The zero-order chi connectivity index (χ0) is 40.6. The number of benzene rings is 2. The van der Waals surface area contributed by atoms with Crippen molar-refractivity contribution in [2.75, 3.05) is 20.0 Å². The number of esters is 4. The van der Waals surface area contributed by atoms with Crippen LogP contribution in [0.15, 0.2) is 66.3 Å². The Balaban J connectivity index is 1.15. The lowest BCUT2D eigenvalue weighted by Gasteiger charge is -2.30. The van der Waals surface area contributed by atoms with Crippen LogP contribution in [0.5, 0.6) is 0 Å². The average molecular weight is 777 g/mol. The Morgan fingerprint density at radius 2 is 1.75 bits per heavy atom. The third-order valence-electron chi connectivity index (χ3n) is 9.14. The highest BCUT2D eigenvalue weighted by Crippen LogP contribution is 2.32. The monoisotopic (exact) mass is 776 g/mol. The number of hydrogen-bond donors (Lipinski definition) is 3. The lowest BCUT2D eigenvalue weighted by atomic mass is 9.90. The molecule has 1 aliphatic carbocycles. The lowest BCUT2D eigenvalue weighted by molar-refractivity contribution is -0.159. The average Bonchev–Trinajstić information content (AvgIpc) is 3.74. The maximum atomic E-state index is 13.4. The Kier molecular flexibility index (Phi) is 13.5. The first kappa shape index (κ1) is 41.8. The van der Waals surface area contributed by atoms with Crippen molar-refractivity contribution in [1.82, 2.24) is 10.6 Å². The number of nitrogens with one attached hydrogen (secondary N) is 2. The predicted molar refractivity (Wildman–Crippen MR) is 198 cm³/mol. The van der Waals surface area contributed by atoms with Gasteiger partial charge in [0.15, 0.2) is 0 Å². The van der Waals surface area contributed by atoms with Gasteiger partial charge < -0.3 is 44.2 Å². The number of aliphatic hydroxyl groups excluding tert-OH is 1. The van der Waals surface area contributed by atoms with Crippen molar-refractivity contribution in [2.24, 2.45) is 5.41 Å². The van der Waals surface area contributed by atoms with Crippen LogP contribution >= 0.6 is 0 Å². The van der Waals surface area contributed by atoms with Gasteiger partial charge in [0.1, 0.15) is 37.3 Å². The number of carbonyl (C=O) groups excluding carboxylic acids is 6. The molecule has 2 heterocycles. The van der Waals surface area contributed by atoms with Crippen molar-refractivity contribution in [3.05, 3.63) is 88.5 Å². The number of amides is 2. The first-order valence-corrected chi connectivity index (χ1v) is 18.3. The van der Waals surface area contributed by atoms with E-state index in [-0.39, 0.29) is 51.4 Å². The van der Waals surface area contributed by atoms with Gasteiger partial charge in [-0.2, -0.15) is 0 Å². The fourth-order valence-electron chi connectivity index (χ4n) is 6.23. The second-order valence-electron chi connectivity index (χ2n) is 15.5. The molecule has 15 heteroatoms. The van der Waals surface area contributed by atoms with Crippen LogP contribution < -0.4 is 10.6 Å². The molecule has 2 aliphatic heterocycles. The Bertz CT molecular complexity index is 1880. The highest BCUT2D eigenvalue weighted by molar-refractivity contribution is 5.96. The number of fused-ring (bicyclic) bond motifs is 1. The van der Waals surface area contributed by atoms with E-state index in [4.69, 9.17) is 28.4 Å². The molecule has 0 bridgehead atoms. The molecule has 2 saturated heterocycles. The van der Waals surface area contributed by atoms with E-state index < -0.39 is 77.2 Å². The summed E-state index contributed by atoms with van der Waals surface area (Å²) in [4.78, 5) is 76.2. The highest BCUT2D eigenvalue weighted by Gasteiger charge is 2.46. The number of cyclic esters (lactones) is 1. The van der Waals surface area contributed by atoms with Crippen LogP contribution in [-0.4, -0.2) is 96.9 Å². The molecule has 3 aliphatic rings. The Labute approximate surface area is 324 Å². The number of rotatable bonds is 14. The molecule has 0 unspecified atom stereocenters. The maximum absolute atomic E-state index is 13.4. The minimum atomic E-state index is -1.02. The number of ether oxygens (including phenoxy) is 6. The van der Waals surface area contributed by atoms with Gasteiger partial charge in [-0.15, -0.1) is 0 Å². The molecule has 2 fully saturated rings. The molecule has 15 nitrogen and oxygen atoms in total. The van der Waals surface area contributed by atoms with Crippen molar-refractivity contribution in [2.45, 2.75) is 96.5 Å². The Morgan fingerprint density at radius 3 is 2.46 bits per heavy atom. The molecule has 0 saturated carbocycles. The molecular formula is C41H48N2O13. The maximum Gasteiger partial charge on any atom is 0.348 e. The normalized spacial score (nSPS) is 22.0. The summed E-state index contributed by atoms with van der Waals surface area (Å²) < 4.78 is 32.8. The first-order valence-electron chi connectivity index (χ1n) is 18.3. The van der Waals surface area contributed by atoms with Gasteiger partial charge in [-0.1, -0.05) is 38.1 Å². The second kappa shape index (κ2) is 18.0. The topological polar surface area (TPSA) is 202 Å². The van der Waals surface area contributed by atoms with Crippen LogP contribution in [-0.2, 0) is 54.1 Å². The van der Waals surface area contributed by atoms with Gasteiger partial charge in [0.25, 0.3) is 5.91 Å². The van der Waals surface area contributed by atoms with E-state index in [1.807, 2.05) is 0 Å². The fourth-order valence-corrected chi connectivity index (χ4v) is 6.23. The molecule has 2 amide bonds. The quantitative estimate of drug-likeness (QED) is 0.143. The van der Waals surface area contributed by atoms with Crippen molar-refractivity contribution < 1.29 is 62.3 Å². The number of aliphatic hydroxyl groups is 1. The summed E-state index contributed by atoms with van der Waals surface area (Å²) in [7, 11) is 0. The molecule has 5 rings (SSSR count). The third-order valence-corrected chi connectivity index (χ3v) is 9.14. The van der Waals surface area contributed by atoms with Gasteiger partial charge in [-0.3, -0.25) is 14.4 Å². The van der Waals surface area contributed by atoms with E-state index in [1.165, 1.54) is 12.1 Å². The molecule has 300 valence electrons. The van der Waals surface area contributed by atoms with Crippen LogP contribution in [0.25, 0.3) is 6.08 Å². The van der Waals surface area contributed by atoms with Crippen molar-refractivity contribution in [3.8, 4) is 0 Å². The van der Waals surface area contributed by atoms with E-state index in [0.717, 1.165) is 6.08 Å². The largest absolute Gasteiger partial charge is 0.462 e. The Hall–Kier alpha value is -5.38. The van der Waals surface area contributed by atoms with Gasteiger partial charge in [0.05, 0.1) is 18.2 Å². The lowest BCUT2D eigenvalue weighted by Crippen LogP contribution is -2.43. The SMILES string of the molecule is CC(C)(C)OC(=O)CC[C@@H](CO)NC(=O)c1cccc(CNC(=O)C2=C[C@H]3OCO[C@H]3[C@H](OC(=O)c3cccc(C=CC(=O)O[C@H]4C(=O)OCC4(C)C)c3)C2)c1. The molecule has 2 aromatic rings. The minimum absolute atomic E-state index is 0.0232. The van der Waals surface area contributed by atoms with Gasteiger partial charge in [0.2, 0.25) is 12.0 Å². The van der Waals surface area contributed by atoms with Crippen LogP contribution in [0.3, 0.4) is 0 Å². The molecule has 2 aromatic carbocycles. The van der Waals surface area contributed by atoms with E-state index in [1.54, 1.807) is 83.2 Å². The summed E-state index contributed by atoms with van der Waals surface area (Å²) in [5.41, 5.74) is 0.646. The molecule has 0 spiro atoms. The van der Waals surface area contributed by atoms with Crippen LogP contribution in [0.1, 0.15) is 85.7 Å². The number of hydrogen-bond acceptors (Lipinski definition) is 13. The summed E-state index contributed by atoms with van der Waals surface area (Å²) in [5.74, 6) is -3.33. The van der Waals surface area contributed by atoms with Crippen LogP contribution in [0.4, 0.5) is 0 Å². The fraction of sp³-hybridized carbons (Fsp3) is 0.463. The highest BCUT2D eigenvalue weighted by atomic mass is 16.7. The smallest absolute Gasteiger partial charge is 0.348 e. The minimum Gasteiger partial charge on any atom is -0.462 e. The Morgan fingerprint density at radius 1 is 1.00 bits per heavy atom. The van der Waals surface area contributed by atoms with E-state index in [0.29, 0.717) is 22.3 Å². The van der Waals surface area contributed by atoms with Gasteiger partial charge >= 0.3 is 23.9 Å². The summed E-state index contributed by atoms with van der Waals surface area (Å²) in [6.07, 6.45) is 1.36. The van der Waals surface area contributed by atoms with Gasteiger partial charge in [-0.25, -0.2) is 14.4 Å². The van der Waals surface area contributed by atoms with Crippen LogP contribution in [0, 0.1) is 5.41 Å². The van der Waals surface area contributed by atoms with Gasteiger partial charge in [0, 0.05) is 42.0 Å². The summed E-state index contributed by atoms with van der Waals surface area (Å²) in [6, 6.07) is 12.3. The van der Waals surface area contributed by atoms with E-state index in [9.17, 15) is 33.9 Å². The number of carbonyl (C=O) groups is 6. The first-order chi connectivity index (χ1) is 26.5. The van der Waals surface area contributed by atoms with Gasteiger partial charge in [-0.05, 0) is 74.7 Å². The van der Waals surface area contributed by atoms with E-state index in [2.05, 4.69) is 10.6 Å². The molecule has 3 N–H and O–H groups in total. The third kappa shape index (κ3) is 11.3. The standard InChI is InChI=1S/C41H48N2O13/c1-40(2,3)56-33(46)15-13-29(21-44)43-37(48)26-10-7-9-25(17-26)20-42-36(47)28-18-30-34(53-23-52-30)31(19-28)54-38(49)27-11-6-8-24(16-27)12-14-32(45)55-35-39(50)51-22-41(35,4)5/h6-12,14,16-18,29-31,34-35,44H,13,15,19-23H2,1-5H3,(H,42,47)(H,43,48)/t29-,30+,31+,34+,35-/m0/s1. The van der Waals surface area contributed by atoms with E-state index >= 15 is 0 Å². The van der Waals surface area contributed by atoms with Crippen LogP contribution in [0.2, 0.25) is 0 Å². The van der Waals surface area contributed by atoms with Crippen molar-refractivity contribution in [3.63, 3.8) is 0 Å². The predicted octanol–water partition coefficient (Wildman–Crippen LogP) is 3.32. The molecular weight excluding hydrogens is 728 g/mol. The second-order valence-corrected chi connectivity index (χ2v) is 15.5. The molecule has 0 radical (unpaired) electrons. The summed E-state index contributed by atoms with van der Waals surface area (Å²) in [5, 5.41) is 15.4. The van der Waals surface area contributed by atoms with Crippen molar-refractivity contribution in [1.29, 1.82) is 0 Å². The molecule has 5 atom stereocenters. The van der Waals surface area contributed by atoms with Crippen molar-refractivity contribution >= 4 is 41.8 Å². The molecule has 56 heavy (non-hydrogen) atoms. The summed E-state index contributed by atoms with van der Waals surface area (Å²) >= 11 is 0. The summed E-state index contributed by atoms with van der Waals surface area (Å²) in [6.45, 7) is 8.60. The molecule has 0 aromatic heterocycles. The zero-order valence-corrected chi connectivity index (χ0v) is 32.0. The zero-order valence-electron chi connectivity index (χ0n) is 32.0.